The largest absolute Gasteiger partial charge is 0.434 e. The summed E-state index contributed by atoms with van der Waals surface area (Å²) in [5.74, 6) is 0.0793. The van der Waals surface area contributed by atoms with E-state index in [9.17, 15) is 22.8 Å². The zero-order chi connectivity index (χ0) is 34.9. The average Bonchev–Trinajstić information content (AvgIpc) is 3.48. The van der Waals surface area contributed by atoms with Gasteiger partial charge in [0.15, 0.2) is 5.69 Å². The molecule has 0 aliphatic carbocycles. The van der Waals surface area contributed by atoms with Crippen LogP contribution in [0.25, 0.3) is 16.6 Å². The van der Waals surface area contributed by atoms with E-state index in [-0.39, 0.29) is 16.8 Å². The Morgan fingerprint density at radius 2 is 1.67 bits per heavy atom. The monoisotopic (exact) mass is 669 g/mol. The Morgan fingerprint density at radius 1 is 0.939 bits per heavy atom. The van der Waals surface area contributed by atoms with E-state index in [1.807, 2.05) is 61.5 Å². The quantitative estimate of drug-likeness (QED) is 0.190. The molecule has 9 nitrogen and oxygen atoms in total. The van der Waals surface area contributed by atoms with Crippen molar-refractivity contribution in [3.05, 3.63) is 107 Å². The number of urea groups is 1. The lowest BCUT2D eigenvalue weighted by Crippen LogP contribution is -2.39. The van der Waals surface area contributed by atoms with Crippen molar-refractivity contribution in [2.24, 2.45) is 5.92 Å². The second-order valence-corrected chi connectivity index (χ2v) is 13.6. The number of piperidine rings is 1. The van der Waals surface area contributed by atoms with Crippen LogP contribution in [0.3, 0.4) is 0 Å². The predicted molar refractivity (Wildman–Crippen MR) is 183 cm³/mol. The van der Waals surface area contributed by atoms with E-state index in [0.29, 0.717) is 49.2 Å². The Morgan fingerprint density at radius 3 is 2.37 bits per heavy atom. The number of likely N-dealkylation sites (tertiary alicyclic amines) is 1. The lowest BCUT2D eigenvalue weighted by molar-refractivity contribution is -0.141. The number of carbonyl (C=O) groups is 2. The molecule has 254 valence electrons. The molecule has 49 heavy (non-hydrogen) atoms. The fourth-order valence-corrected chi connectivity index (χ4v) is 6.01. The first-order valence-corrected chi connectivity index (χ1v) is 16.2. The van der Waals surface area contributed by atoms with Crippen molar-refractivity contribution in [2.75, 3.05) is 23.7 Å². The van der Waals surface area contributed by atoms with Gasteiger partial charge in [-0.3, -0.25) is 15.1 Å². The highest BCUT2D eigenvalue weighted by molar-refractivity contribution is 6.00. The van der Waals surface area contributed by atoms with E-state index in [1.165, 1.54) is 29.4 Å². The molecule has 3 amide bonds. The highest BCUT2D eigenvalue weighted by Gasteiger charge is 2.39. The normalized spacial score (nSPS) is 14.2. The van der Waals surface area contributed by atoms with E-state index in [2.05, 4.69) is 41.4 Å². The second kappa shape index (κ2) is 13.3. The molecule has 2 N–H and O–H groups in total. The minimum absolute atomic E-state index is 0.135. The summed E-state index contributed by atoms with van der Waals surface area (Å²) in [6, 6.07) is 19.6. The molecular formula is C37H38F3N7O2. The Hall–Kier alpha value is -5.26. The summed E-state index contributed by atoms with van der Waals surface area (Å²) in [7, 11) is 0. The van der Waals surface area contributed by atoms with Crippen molar-refractivity contribution < 1.29 is 22.8 Å². The topological polar surface area (TPSA) is 105 Å². The number of hydrogen-bond donors (Lipinski definition) is 2. The predicted octanol–water partition coefficient (Wildman–Crippen LogP) is 8.18. The van der Waals surface area contributed by atoms with Gasteiger partial charge in [0.25, 0.3) is 5.91 Å². The summed E-state index contributed by atoms with van der Waals surface area (Å²) in [5, 5.41) is 11.0. The highest BCUT2D eigenvalue weighted by Crippen LogP contribution is 2.34. The van der Waals surface area contributed by atoms with Crippen LogP contribution in [0.1, 0.15) is 66.5 Å². The molecule has 6 rings (SSSR count). The molecule has 5 aromatic rings. The molecule has 3 aromatic heterocycles. The van der Waals surface area contributed by atoms with Crippen molar-refractivity contribution in [3.8, 4) is 5.69 Å². The Kier molecular flexibility index (Phi) is 9.15. The SMILES string of the molecule is Cc1ccc(-n2nc(C(C)(C)C)cc2NC(=O)Nc2cccc(CC3CCN(C(=O)c4cc5cnccc5nc4C(F)(F)F)CC3)c2)cc1. The lowest BCUT2D eigenvalue weighted by Gasteiger charge is -2.32. The van der Waals surface area contributed by atoms with Crippen molar-refractivity contribution in [3.63, 3.8) is 0 Å². The van der Waals surface area contributed by atoms with Gasteiger partial charge < -0.3 is 10.2 Å². The number of rotatable bonds is 6. The molecule has 0 radical (unpaired) electrons. The smallest absolute Gasteiger partial charge is 0.339 e. The zero-order valence-corrected chi connectivity index (χ0v) is 27.8. The summed E-state index contributed by atoms with van der Waals surface area (Å²) in [5.41, 5.74) is 2.69. The van der Waals surface area contributed by atoms with Gasteiger partial charge in [0.2, 0.25) is 0 Å². The summed E-state index contributed by atoms with van der Waals surface area (Å²) in [6.45, 7) is 8.87. The minimum Gasteiger partial charge on any atom is -0.339 e. The molecular weight excluding hydrogens is 631 g/mol. The molecule has 0 bridgehead atoms. The van der Waals surface area contributed by atoms with Crippen molar-refractivity contribution in [2.45, 2.75) is 58.5 Å². The van der Waals surface area contributed by atoms with Crippen LogP contribution in [-0.4, -0.2) is 49.7 Å². The van der Waals surface area contributed by atoms with Crippen molar-refractivity contribution in [1.29, 1.82) is 0 Å². The van der Waals surface area contributed by atoms with Crippen molar-refractivity contribution in [1.82, 2.24) is 24.6 Å². The van der Waals surface area contributed by atoms with Crippen LogP contribution >= 0.6 is 0 Å². The maximum atomic E-state index is 13.9. The third-order valence-corrected chi connectivity index (χ3v) is 8.72. The number of anilines is 2. The van der Waals surface area contributed by atoms with Crippen LogP contribution in [0.5, 0.6) is 0 Å². The number of carbonyl (C=O) groups excluding carboxylic acids is 2. The number of amides is 3. The van der Waals surface area contributed by atoms with Gasteiger partial charge in [0.05, 0.1) is 22.5 Å². The van der Waals surface area contributed by atoms with Gasteiger partial charge in [-0.15, -0.1) is 0 Å². The third kappa shape index (κ3) is 7.74. The fraction of sp³-hybridized carbons (Fsp3) is 0.324. The molecule has 0 spiro atoms. The van der Waals surface area contributed by atoms with Gasteiger partial charge >= 0.3 is 12.2 Å². The molecule has 0 unspecified atom stereocenters. The van der Waals surface area contributed by atoms with Crippen LogP contribution in [0.2, 0.25) is 0 Å². The first kappa shape index (κ1) is 33.6. The number of aryl methyl sites for hydroxylation is 1. The lowest BCUT2D eigenvalue weighted by atomic mass is 9.89. The Bertz CT molecular complexity index is 1990. The number of nitrogens with zero attached hydrogens (tertiary/aromatic N) is 5. The van der Waals surface area contributed by atoms with E-state index in [0.717, 1.165) is 22.5 Å². The Balaban J connectivity index is 1.09. The van der Waals surface area contributed by atoms with Crippen LogP contribution in [0.15, 0.2) is 79.1 Å². The molecule has 0 saturated carbocycles. The molecule has 1 fully saturated rings. The van der Waals surface area contributed by atoms with Gasteiger partial charge in [-0.2, -0.15) is 18.3 Å². The molecule has 1 aliphatic heterocycles. The number of nitrogens with one attached hydrogen (secondary N) is 2. The number of hydrogen-bond acceptors (Lipinski definition) is 5. The van der Waals surface area contributed by atoms with Crippen LogP contribution < -0.4 is 10.6 Å². The Labute approximate surface area is 282 Å². The summed E-state index contributed by atoms with van der Waals surface area (Å²) in [4.78, 5) is 35.7. The number of benzene rings is 2. The number of pyridine rings is 2. The number of aromatic nitrogens is 4. The standard InChI is InChI=1S/C37H38F3N7O2/c1-23-8-10-28(11-9-23)47-32(21-31(45-47)36(2,3)4)44-35(49)42-27-7-5-6-25(19-27)18-24-13-16-46(17-14-24)34(48)29-20-26-22-41-15-12-30(26)43-33(29)37(38,39)40/h5-12,15,19-22,24H,13-14,16-18H2,1-4H3,(H2,42,44,49). The van der Waals surface area contributed by atoms with Crippen LogP contribution in [-0.2, 0) is 18.0 Å². The number of fused-ring (bicyclic) bond motifs is 1. The van der Waals surface area contributed by atoms with E-state index < -0.39 is 29.4 Å². The van der Waals surface area contributed by atoms with Crippen molar-refractivity contribution >= 4 is 34.3 Å². The van der Waals surface area contributed by atoms with E-state index in [1.54, 1.807) is 4.68 Å². The van der Waals surface area contributed by atoms with Gasteiger partial charge in [-0.1, -0.05) is 50.6 Å². The number of halogens is 3. The number of alkyl halides is 3. The molecule has 2 aromatic carbocycles. The average molecular weight is 670 g/mol. The van der Waals surface area contributed by atoms with E-state index >= 15 is 0 Å². The third-order valence-electron chi connectivity index (χ3n) is 8.72. The first-order chi connectivity index (χ1) is 23.2. The maximum Gasteiger partial charge on any atom is 0.434 e. The van der Waals surface area contributed by atoms with Gasteiger partial charge in [0.1, 0.15) is 5.82 Å². The molecule has 12 heteroatoms. The second-order valence-electron chi connectivity index (χ2n) is 13.6. The highest BCUT2D eigenvalue weighted by atomic mass is 19.4. The molecule has 4 heterocycles. The summed E-state index contributed by atoms with van der Waals surface area (Å²) < 4.78 is 43.4. The van der Waals surface area contributed by atoms with E-state index in [4.69, 9.17) is 5.10 Å². The zero-order valence-electron chi connectivity index (χ0n) is 27.8. The fourth-order valence-electron chi connectivity index (χ4n) is 6.01. The van der Waals surface area contributed by atoms with Gasteiger partial charge in [0, 0.05) is 48.0 Å². The minimum atomic E-state index is -4.77. The molecule has 0 atom stereocenters. The molecule has 1 saturated heterocycles. The van der Waals surface area contributed by atoms with Crippen LogP contribution in [0, 0.1) is 12.8 Å². The van der Waals surface area contributed by atoms with Gasteiger partial charge in [-0.25, -0.2) is 14.5 Å². The first-order valence-electron chi connectivity index (χ1n) is 16.2. The molecule has 1 aliphatic rings. The van der Waals surface area contributed by atoms with Gasteiger partial charge in [-0.05, 0) is 74.1 Å². The summed E-state index contributed by atoms with van der Waals surface area (Å²) in [6.07, 6.45) is -0.0324. The van der Waals surface area contributed by atoms with Crippen LogP contribution in [0.4, 0.5) is 29.5 Å². The summed E-state index contributed by atoms with van der Waals surface area (Å²) >= 11 is 0. The maximum absolute atomic E-state index is 13.9.